The summed E-state index contributed by atoms with van der Waals surface area (Å²) in [4.78, 5) is 62.0. The van der Waals surface area contributed by atoms with Crippen LogP contribution in [-0.4, -0.2) is 52.6 Å². The smallest absolute Gasteiger partial charge is 0.358 e. The van der Waals surface area contributed by atoms with Crippen LogP contribution in [0.3, 0.4) is 0 Å². The van der Waals surface area contributed by atoms with E-state index >= 15 is 0 Å². The average molecular weight is 382 g/mol. The normalized spacial score (nSPS) is 10.3. The number of carboxylic acid groups (broad SMARTS) is 2. The van der Waals surface area contributed by atoms with E-state index in [4.69, 9.17) is 5.11 Å². The predicted molar refractivity (Wildman–Crippen MR) is 91.5 cm³/mol. The van der Waals surface area contributed by atoms with Crippen molar-refractivity contribution in [3.63, 3.8) is 0 Å². The van der Waals surface area contributed by atoms with Crippen LogP contribution in [0.25, 0.3) is 5.82 Å². The average Bonchev–Trinajstić information content (AvgIpc) is 2.68. The molecule has 0 fully saturated rings. The Bertz CT molecular complexity index is 1160. The summed E-state index contributed by atoms with van der Waals surface area (Å²) in [7, 11) is 0. The van der Waals surface area contributed by atoms with Gasteiger partial charge in [-0.05, 0) is 0 Å². The van der Waals surface area contributed by atoms with Gasteiger partial charge >= 0.3 is 11.9 Å². The Morgan fingerprint density at radius 3 is 2.18 bits per heavy atom. The number of carbonyl (C=O) groups is 3. The molecule has 0 saturated heterocycles. The monoisotopic (exact) mass is 382 g/mol. The summed E-state index contributed by atoms with van der Waals surface area (Å²) < 4.78 is 1.14. The zero-order valence-corrected chi connectivity index (χ0v) is 13.8. The molecule has 0 bridgehead atoms. The van der Waals surface area contributed by atoms with Crippen LogP contribution < -0.4 is 10.7 Å². The molecule has 3 heterocycles. The van der Waals surface area contributed by atoms with Gasteiger partial charge in [0.15, 0.2) is 28.5 Å². The van der Waals surface area contributed by atoms with E-state index in [9.17, 15) is 24.3 Å². The van der Waals surface area contributed by atoms with Crippen molar-refractivity contribution in [3.8, 4) is 5.82 Å². The number of nitrogens with zero attached hydrogens (tertiary/aromatic N) is 5. The predicted octanol–water partition coefficient (Wildman–Crippen LogP) is 0.0662. The molecule has 3 rings (SSSR count). The molecule has 0 unspecified atom stereocenters. The van der Waals surface area contributed by atoms with Crippen molar-refractivity contribution in [2.24, 2.45) is 0 Å². The van der Waals surface area contributed by atoms with E-state index in [0.717, 1.165) is 23.0 Å². The van der Waals surface area contributed by atoms with Crippen molar-refractivity contribution < 1.29 is 24.6 Å². The molecule has 3 N–H and O–H groups in total. The Morgan fingerprint density at radius 2 is 1.50 bits per heavy atom. The second kappa shape index (κ2) is 7.41. The highest BCUT2D eigenvalue weighted by Gasteiger charge is 2.19. The number of nitrogens with one attached hydrogen (secondary N) is 1. The SMILES string of the molecule is O=C(O)c1nccnc1NC(=O)c1cn(-c2nccnc2C(=O)O)ccc1=O. The summed E-state index contributed by atoms with van der Waals surface area (Å²) in [6, 6.07) is 1.03. The van der Waals surface area contributed by atoms with Gasteiger partial charge in [-0.2, -0.15) is 0 Å². The van der Waals surface area contributed by atoms with Gasteiger partial charge in [0.1, 0.15) is 5.56 Å². The Balaban J connectivity index is 2.02. The van der Waals surface area contributed by atoms with Crippen LogP contribution in [0.2, 0.25) is 0 Å². The first-order valence-electron chi connectivity index (χ1n) is 7.51. The molecule has 140 valence electrons. The zero-order valence-electron chi connectivity index (χ0n) is 13.8. The number of aromatic nitrogens is 5. The van der Waals surface area contributed by atoms with Crippen LogP contribution in [0.1, 0.15) is 31.3 Å². The van der Waals surface area contributed by atoms with Gasteiger partial charge in [0, 0.05) is 43.2 Å². The molecule has 3 aromatic heterocycles. The zero-order chi connectivity index (χ0) is 20.3. The van der Waals surface area contributed by atoms with Crippen LogP contribution >= 0.6 is 0 Å². The van der Waals surface area contributed by atoms with Gasteiger partial charge in [0.25, 0.3) is 5.91 Å². The number of rotatable bonds is 5. The Morgan fingerprint density at radius 1 is 0.893 bits per heavy atom. The number of pyridine rings is 1. The number of hydrogen-bond donors (Lipinski definition) is 3. The maximum Gasteiger partial charge on any atom is 0.358 e. The molecule has 0 aromatic carbocycles. The fraction of sp³-hybridized carbons (Fsp3) is 0. The maximum atomic E-state index is 12.5. The number of hydrogen-bond acceptors (Lipinski definition) is 8. The van der Waals surface area contributed by atoms with Gasteiger partial charge in [-0.1, -0.05) is 0 Å². The second-order valence-electron chi connectivity index (χ2n) is 5.18. The van der Waals surface area contributed by atoms with E-state index < -0.39 is 34.5 Å². The summed E-state index contributed by atoms with van der Waals surface area (Å²) in [5, 5.41) is 20.5. The van der Waals surface area contributed by atoms with Gasteiger partial charge in [0.2, 0.25) is 0 Å². The Labute approximate surface area is 155 Å². The lowest BCUT2D eigenvalue weighted by Gasteiger charge is -2.10. The van der Waals surface area contributed by atoms with Crippen LogP contribution in [0.15, 0.2) is 48.0 Å². The molecule has 0 saturated carbocycles. The highest BCUT2D eigenvalue weighted by molar-refractivity contribution is 6.06. The highest BCUT2D eigenvalue weighted by Crippen LogP contribution is 2.12. The van der Waals surface area contributed by atoms with E-state index in [1.807, 2.05) is 0 Å². The lowest BCUT2D eigenvalue weighted by molar-refractivity contribution is 0.0679. The third-order valence-corrected chi connectivity index (χ3v) is 3.42. The first-order valence-corrected chi connectivity index (χ1v) is 7.51. The first-order chi connectivity index (χ1) is 13.4. The van der Waals surface area contributed by atoms with Crippen molar-refractivity contribution >= 4 is 23.7 Å². The number of amides is 1. The molecule has 0 aliphatic heterocycles. The van der Waals surface area contributed by atoms with E-state index in [1.54, 1.807) is 0 Å². The van der Waals surface area contributed by atoms with Gasteiger partial charge in [-0.3, -0.25) is 9.59 Å². The van der Waals surface area contributed by atoms with Gasteiger partial charge < -0.3 is 20.1 Å². The molecule has 0 aliphatic rings. The van der Waals surface area contributed by atoms with Crippen LogP contribution in [0.5, 0.6) is 0 Å². The topological polar surface area (TPSA) is 177 Å². The van der Waals surface area contributed by atoms with Crippen molar-refractivity contribution in [1.82, 2.24) is 24.5 Å². The van der Waals surface area contributed by atoms with Gasteiger partial charge in [-0.25, -0.2) is 29.5 Å². The van der Waals surface area contributed by atoms with Crippen LogP contribution in [-0.2, 0) is 0 Å². The van der Waals surface area contributed by atoms with Crippen molar-refractivity contribution in [2.45, 2.75) is 0 Å². The number of aromatic carboxylic acids is 2. The summed E-state index contributed by atoms with van der Waals surface area (Å²) in [6.07, 6.45) is 7.02. The number of carbonyl (C=O) groups excluding carboxylic acids is 1. The molecule has 3 aromatic rings. The lowest BCUT2D eigenvalue weighted by Crippen LogP contribution is -2.24. The van der Waals surface area contributed by atoms with Crippen molar-refractivity contribution in [1.29, 1.82) is 0 Å². The minimum absolute atomic E-state index is 0.116. The Kier molecular flexibility index (Phi) is 4.85. The fourth-order valence-corrected chi connectivity index (χ4v) is 2.22. The molecule has 0 spiro atoms. The maximum absolute atomic E-state index is 12.5. The molecule has 28 heavy (non-hydrogen) atoms. The van der Waals surface area contributed by atoms with E-state index in [2.05, 4.69) is 25.3 Å². The minimum Gasteiger partial charge on any atom is -0.476 e. The minimum atomic E-state index is -1.42. The molecule has 12 heteroatoms. The van der Waals surface area contributed by atoms with Crippen molar-refractivity contribution in [2.75, 3.05) is 5.32 Å². The number of carboxylic acids is 2. The molecule has 12 nitrogen and oxygen atoms in total. The van der Waals surface area contributed by atoms with Crippen LogP contribution in [0.4, 0.5) is 5.82 Å². The summed E-state index contributed by atoms with van der Waals surface area (Å²) in [5.41, 5.74) is -1.98. The molecule has 0 atom stereocenters. The van der Waals surface area contributed by atoms with E-state index in [0.29, 0.717) is 0 Å². The molecule has 1 amide bonds. The second-order valence-corrected chi connectivity index (χ2v) is 5.18. The first kappa shape index (κ1) is 18.3. The third kappa shape index (κ3) is 3.55. The highest BCUT2D eigenvalue weighted by atomic mass is 16.4. The van der Waals surface area contributed by atoms with Gasteiger partial charge in [0.05, 0.1) is 0 Å². The van der Waals surface area contributed by atoms with Gasteiger partial charge in [-0.15, -0.1) is 0 Å². The summed E-state index contributed by atoms with van der Waals surface area (Å²) in [5.74, 6) is -4.18. The molecule has 0 radical (unpaired) electrons. The third-order valence-electron chi connectivity index (χ3n) is 3.42. The lowest BCUT2D eigenvalue weighted by atomic mass is 10.2. The van der Waals surface area contributed by atoms with E-state index in [-0.39, 0.29) is 17.3 Å². The molecular formula is C16H10N6O6. The standard InChI is InChI=1S/C16H10N6O6/c23-9-1-6-22(13-11(16(27)28)18-3-5-20-13)7-8(9)14(24)21-12-10(15(25)26)17-2-4-19-12/h1-7H,(H,25,26)(H,27,28)(H,19,21,24). The fourth-order valence-electron chi connectivity index (χ4n) is 2.22. The van der Waals surface area contributed by atoms with E-state index in [1.165, 1.54) is 24.8 Å². The van der Waals surface area contributed by atoms with Crippen LogP contribution in [0, 0.1) is 0 Å². The summed E-state index contributed by atoms with van der Waals surface area (Å²) >= 11 is 0. The molecular weight excluding hydrogens is 372 g/mol. The number of anilines is 1. The Hall–Kier alpha value is -4.48. The molecule has 0 aliphatic carbocycles. The quantitative estimate of drug-likeness (QED) is 0.547. The summed E-state index contributed by atoms with van der Waals surface area (Å²) in [6.45, 7) is 0. The van der Waals surface area contributed by atoms with Crippen molar-refractivity contribution in [3.05, 3.63) is 70.4 Å². The largest absolute Gasteiger partial charge is 0.476 e.